The zero-order valence-electron chi connectivity index (χ0n) is 7.86. The van der Waals surface area contributed by atoms with Gasteiger partial charge in [0, 0.05) is 11.9 Å². The first-order valence-corrected chi connectivity index (χ1v) is 4.58. The lowest BCUT2D eigenvalue weighted by molar-refractivity contribution is -0.385. The van der Waals surface area contributed by atoms with Crippen LogP contribution in [0.25, 0.3) is 0 Å². The van der Waals surface area contributed by atoms with E-state index < -0.39 is 22.1 Å². The van der Waals surface area contributed by atoms with Gasteiger partial charge in [0.05, 0.1) is 10.5 Å². The lowest BCUT2D eigenvalue weighted by atomic mass is 10.1. The van der Waals surface area contributed by atoms with Crippen LogP contribution in [-0.4, -0.2) is 15.8 Å². The Kier molecular flexibility index (Phi) is 3.26. The molecule has 1 aromatic rings. The standard InChI is InChI=1S/C9H8ClNO4/c1-5(12)7-2-6(4-10)3-8(9(7)13)11(14)15/h2-3,13H,4H2,1H3. The van der Waals surface area contributed by atoms with Crippen LogP contribution in [0.3, 0.4) is 0 Å². The second kappa shape index (κ2) is 4.27. The SMILES string of the molecule is CC(=O)c1cc(CCl)cc([N+](=O)[O-])c1O. The zero-order valence-corrected chi connectivity index (χ0v) is 8.61. The Morgan fingerprint density at radius 1 is 1.60 bits per heavy atom. The Labute approximate surface area is 90.4 Å². The molecular weight excluding hydrogens is 222 g/mol. The van der Waals surface area contributed by atoms with Gasteiger partial charge in [0.25, 0.3) is 0 Å². The molecule has 0 saturated carbocycles. The van der Waals surface area contributed by atoms with Crippen LogP contribution in [-0.2, 0) is 5.88 Å². The molecule has 1 N–H and O–H groups in total. The molecule has 0 aliphatic rings. The minimum atomic E-state index is -0.752. The Bertz CT molecular complexity index is 395. The molecule has 0 saturated heterocycles. The molecule has 0 spiro atoms. The van der Waals surface area contributed by atoms with Crippen molar-refractivity contribution in [3.63, 3.8) is 0 Å². The van der Waals surface area contributed by atoms with Crippen molar-refractivity contribution in [3.05, 3.63) is 33.4 Å². The lowest BCUT2D eigenvalue weighted by Crippen LogP contribution is -1.99. The van der Waals surface area contributed by atoms with Gasteiger partial charge in [-0.3, -0.25) is 14.9 Å². The maximum Gasteiger partial charge on any atom is 0.311 e. The fourth-order valence-electron chi connectivity index (χ4n) is 1.16. The van der Waals surface area contributed by atoms with Gasteiger partial charge in [-0.2, -0.15) is 0 Å². The Morgan fingerprint density at radius 3 is 2.60 bits per heavy atom. The predicted molar refractivity (Wildman–Crippen MR) is 54.3 cm³/mol. The minimum absolute atomic E-state index is 0.0431. The smallest absolute Gasteiger partial charge is 0.311 e. The van der Waals surface area contributed by atoms with E-state index in [0.29, 0.717) is 5.56 Å². The summed E-state index contributed by atoms with van der Waals surface area (Å²) in [5.41, 5.74) is -0.162. The summed E-state index contributed by atoms with van der Waals surface area (Å²) in [5, 5.41) is 20.0. The molecular formula is C9H8ClNO4. The quantitative estimate of drug-likeness (QED) is 0.373. The van der Waals surface area contributed by atoms with E-state index in [4.69, 9.17) is 11.6 Å². The summed E-state index contributed by atoms with van der Waals surface area (Å²) in [4.78, 5) is 20.9. The van der Waals surface area contributed by atoms with Crippen molar-refractivity contribution in [2.24, 2.45) is 0 Å². The average Bonchev–Trinajstić information content (AvgIpc) is 2.17. The number of carbonyl (C=O) groups excluding carboxylic acids is 1. The van der Waals surface area contributed by atoms with Crippen molar-refractivity contribution in [1.29, 1.82) is 0 Å². The third kappa shape index (κ3) is 2.24. The number of alkyl halides is 1. The molecule has 80 valence electrons. The molecule has 0 fully saturated rings. The molecule has 1 aromatic carbocycles. The molecule has 0 aliphatic carbocycles. The number of hydrogen-bond donors (Lipinski definition) is 1. The largest absolute Gasteiger partial charge is 0.502 e. The van der Waals surface area contributed by atoms with Crippen molar-refractivity contribution in [2.45, 2.75) is 12.8 Å². The predicted octanol–water partition coefficient (Wildman–Crippen LogP) is 2.24. The first kappa shape index (κ1) is 11.5. The number of aromatic hydroxyl groups is 1. The van der Waals surface area contributed by atoms with Crippen LogP contribution in [0.1, 0.15) is 22.8 Å². The number of phenolic OH excluding ortho intramolecular Hbond substituents is 1. The molecule has 0 radical (unpaired) electrons. The average molecular weight is 230 g/mol. The number of nitrogens with zero attached hydrogens (tertiary/aromatic N) is 1. The van der Waals surface area contributed by atoms with Crippen molar-refractivity contribution in [3.8, 4) is 5.75 Å². The maximum atomic E-state index is 11.1. The van der Waals surface area contributed by atoms with Crippen molar-refractivity contribution in [2.75, 3.05) is 0 Å². The van der Waals surface area contributed by atoms with Gasteiger partial charge in [-0.05, 0) is 18.6 Å². The van der Waals surface area contributed by atoms with Gasteiger partial charge in [-0.15, -0.1) is 11.6 Å². The first-order valence-electron chi connectivity index (χ1n) is 4.04. The number of Topliss-reactive ketones (excluding diaryl/α,β-unsaturated/α-hetero) is 1. The summed E-state index contributed by atoms with van der Waals surface area (Å²) in [6.45, 7) is 1.22. The van der Waals surface area contributed by atoms with Gasteiger partial charge in [-0.25, -0.2) is 0 Å². The van der Waals surface area contributed by atoms with Crippen molar-refractivity contribution in [1.82, 2.24) is 0 Å². The molecule has 0 aromatic heterocycles. The maximum absolute atomic E-state index is 11.1. The highest BCUT2D eigenvalue weighted by molar-refractivity contribution is 6.17. The summed E-state index contributed by atoms with van der Waals surface area (Å²) in [7, 11) is 0. The fraction of sp³-hybridized carbons (Fsp3) is 0.222. The first-order chi connectivity index (χ1) is 6.97. The summed E-state index contributed by atoms with van der Waals surface area (Å²) in [6, 6.07) is 2.49. The van der Waals surface area contributed by atoms with E-state index in [-0.39, 0.29) is 11.4 Å². The number of nitro benzene ring substituents is 1. The number of carbonyl (C=O) groups is 1. The molecule has 0 aliphatic heterocycles. The van der Waals surface area contributed by atoms with E-state index in [1.54, 1.807) is 0 Å². The zero-order chi connectivity index (χ0) is 11.6. The summed E-state index contributed by atoms with van der Waals surface area (Å²) >= 11 is 5.52. The highest BCUT2D eigenvalue weighted by Gasteiger charge is 2.20. The molecule has 0 unspecified atom stereocenters. The fourth-order valence-corrected chi connectivity index (χ4v) is 1.32. The molecule has 5 nitrogen and oxygen atoms in total. The van der Waals surface area contributed by atoms with E-state index in [0.717, 1.165) is 6.07 Å². The van der Waals surface area contributed by atoms with Crippen LogP contribution >= 0.6 is 11.6 Å². The number of phenols is 1. The Balaban J connectivity index is 3.47. The number of rotatable bonds is 3. The minimum Gasteiger partial charge on any atom is -0.502 e. The van der Waals surface area contributed by atoms with E-state index in [9.17, 15) is 20.0 Å². The van der Waals surface area contributed by atoms with E-state index in [2.05, 4.69) is 0 Å². The normalized spacial score (nSPS) is 10.0. The van der Waals surface area contributed by atoms with Crippen LogP contribution in [0.15, 0.2) is 12.1 Å². The molecule has 1 rings (SSSR count). The summed E-state index contributed by atoms with van der Waals surface area (Å²) < 4.78 is 0. The third-order valence-corrected chi connectivity index (χ3v) is 2.19. The van der Waals surface area contributed by atoms with Crippen LogP contribution in [0.5, 0.6) is 5.75 Å². The number of halogens is 1. The molecule has 0 atom stereocenters. The molecule has 0 bridgehead atoms. The van der Waals surface area contributed by atoms with Crippen LogP contribution in [0.4, 0.5) is 5.69 Å². The highest BCUT2D eigenvalue weighted by Crippen LogP contribution is 2.32. The van der Waals surface area contributed by atoms with Crippen LogP contribution in [0, 0.1) is 10.1 Å². The molecule has 0 heterocycles. The van der Waals surface area contributed by atoms with Gasteiger partial charge in [0.15, 0.2) is 5.78 Å². The van der Waals surface area contributed by atoms with Crippen molar-refractivity contribution < 1.29 is 14.8 Å². The Hall–Kier alpha value is -1.62. The van der Waals surface area contributed by atoms with Crippen molar-refractivity contribution >= 4 is 23.1 Å². The molecule has 0 amide bonds. The second-order valence-electron chi connectivity index (χ2n) is 2.96. The van der Waals surface area contributed by atoms with Crippen LogP contribution < -0.4 is 0 Å². The number of benzene rings is 1. The molecule has 15 heavy (non-hydrogen) atoms. The van der Waals surface area contributed by atoms with E-state index >= 15 is 0 Å². The summed E-state index contributed by atoms with van der Waals surface area (Å²) in [6.07, 6.45) is 0. The Morgan fingerprint density at radius 2 is 2.20 bits per heavy atom. The lowest BCUT2D eigenvalue weighted by Gasteiger charge is -2.04. The highest BCUT2D eigenvalue weighted by atomic mass is 35.5. The van der Waals surface area contributed by atoms with Gasteiger partial charge >= 0.3 is 5.69 Å². The topological polar surface area (TPSA) is 80.4 Å². The number of hydrogen-bond acceptors (Lipinski definition) is 4. The van der Waals surface area contributed by atoms with E-state index in [1.165, 1.54) is 13.0 Å². The van der Waals surface area contributed by atoms with Gasteiger partial charge in [-0.1, -0.05) is 0 Å². The number of ketones is 1. The third-order valence-electron chi connectivity index (χ3n) is 1.88. The van der Waals surface area contributed by atoms with Gasteiger partial charge < -0.3 is 5.11 Å². The van der Waals surface area contributed by atoms with E-state index in [1.807, 2.05) is 0 Å². The van der Waals surface area contributed by atoms with Gasteiger partial charge in [0.1, 0.15) is 0 Å². The second-order valence-corrected chi connectivity index (χ2v) is 3.23. The van der Waals surface area contributed by atoms with Gasteiger partial charge in [0.2, 0.25) is 5.75 Å². The summed E-state index contributed by atoms with van der Waals surface area (Å²) in [5.74, 6) is -1.01. The monoisotopic (exact) mass is 229 g/mol. The number of nitro groups is 1. The molecule has 6 heteroatoms. The van der Waals surface area contributed by atoms with Crippen LogP contribution in [0.2, 0.25) is 0 Å².